The van der Waals surface area contributed by atoms with Crippen LogP contribution in [-0.2, 0) is 4.74 Å². The van der Waals surface area contributed by atoms with E-state index in [4.69, 9.17) is 14.2 Å². The Balaban J connectivity index is 1.98. The zero-order chi connectivity index (χ0) is 15.5. The third-order valence-electron chi connectivity index (χ3n) is 4.06. The average molecular weight is 296 g/mol. The highest BCUT2D eigenvalue weighted by atomic mass is 16.5. The van der Waals surface area contributed by atoms with Crippen molar-refractivity contribution in [1.29, 1.82) is 0 Å². The summed E-state index contributed by atoms with van der Waals surface area (Å²) < 4.78 is 16.7. The van der Waals surface area contributed by atoms with Gasteiger partial charge in [-0.1, -0.05) is 30.3 Å². The second-order valence-corrected chi connectivity index (χ2v) is 5.36. The summed E-state index contributed by atoms with van der Waals surface area (Å²) in [4.78, 5) is 0. The van der Waals surface area contributed by atoms with Crippen LogP contribution in [0.2, 0.25) is 0 Å². The van der Waals surface area contributed by atoms with Gasteiger partial charge in [0.1, 0.15) is 17.6 Å². The minimum Gasteiger partial charge on any atom is -0.497 e. The summed E-state index contributed by atoms with van der Waals surface area (Å²) in [5.74, 6) is 1.55. The zero-order valence-electron chi connectivity index (χ0n) is 13.1. The molecule has 1 unspecified atom stereocenters. The second-order valence-electron chi connectivity index (χ2n) is 5.36. The Hall–Kier alpha value is -2.26. The number of hydrogen-bond donors (Lipinski definition) is 0. The van der Waals surface area contributed by atoms with E-state index in [1.807, 2.05) is 24.3 Å². The van der Waals surface area contributed by atoms with Crippen molar-refractivity contribution in [1.82, 2.24) is 0 Å². The molecule has 0 saturated carbocycles. The summed E-state index contributed by atoms with van der Waals surface area (Å²) in [6, 6.07) is 16.3. The molecule has 0 aromatic heterocycles. The van der Waals surface area contributed by atoms with Gasteiger partial charge in [0, 0.05) is 6.07 Å². The predicted octanol–water partition coefficient (Wildman–Crippen LogP) is 4.25. The van der Waals surface area contributed by atoms with Crippen LogP contribution in [-0.4, -0.2) is 20.8 Å². The Morgan fingerprint density at radius 1 is 0.955 bits per heavy atom. The maximum atomic E-state index is 6.03. The van der Waals surface area contributed by atoms with Crippen molar-refractivity contribution in [2.75, 3.05) is 20.8 Å². The van der Waals surface area contributed by atoms with Crippen LogP contribution >= 0.6 is 0 Å². The van der Waals surface area contributed by atoms with Crippen LogP contribution in [0.1, 0.15) is 24.2 Å². The predicted molar refractivity (Wildman–Crippen MR) is 87.3 cm³/mol. The van der Waals surface area contributed by atoms with Gasteiger partial charge in [-0.2, -0.15) is 0 Å². The van der Waals surface area contributed by atoms with Gasteiger partial charge in [-0.25, -0.2) is 0 Å². The van der Waals surface area contributed by atoms with Crippen LogP contribution in [0, 0.1) is 0 Å². The third kappa shape index (κ3) is 2.72. The summed E-state index contributed by atoms with van der Waals surface area (Å²) in [6.45, 7) is 2.76. The lowest BCUT2D eigenvalue weighted by atomic mass is 9.96. The summed E-state index contributed by atoms with van der Waals surface area (Å²) >= 11 is 0. The Bertz CT molecular complexity index is 667. The molecule has 2 aromatic rings. The number of ether oxygens (including phenoxy) is 3. The van der Waals surface area contributed by atoms with E-state index in [0.29, 0.717) is 6.61 Å². The first kappa shape index (κ1) is 14.7. The maximum absolute atomic E-state index is 6.03. The van der Waals surface area contributed by atoms with Crippen molar-refractivity contribution >= 4 is 5.57 Å². The lowest BCUT2D eigenvalue weighted by Crippen LogP contribution is -2.00. The fourth-order valence-electron chi connectivity index (χ4n) is 2.84. The van der Waals surface area contributed by atoms with E-state index in [9.17, 15) is 0 Å². The van der Waals surface area contributed by atoms with Crippen LogP contribution in [0.5, 0.6) is 11.5 Å². The molecule has 114 valence electrons. The van der Waals surface area contributed by atoms with Crippen LogP contribution in [0.25, 0.3) is 5.57 Å². The first-order valence-corrected chi connectivity index (χ1v) is 7.32. The van der Waals surface area contributed by atoms with Crippen molar-refractivity contribution in [2.45, 2.75) is 13.0 Å². The standard InChI is InChI=1S/C19H20O3/c1-13-18(14-7-5-4-6-8-14)12-22-19(13)15-9-16(20-2)11-17(10-15)21-3/h4-11,19H,12H2,1-3H3. The van der Waals surface area contributed by atoms with Crippen LogP contribution in [0.4, 0.5) is 0 Å². The van der Waals surface area contributed by atoms with E-state index in [2.05, 4.69) is 31.2 Å². The normalized spacial score (nSPS) is 17.7. The lowest BCUT2D eigenvalue weighted by Gasteiger charge is -2.15. The quantitative estimate of drug-likeness (QED) is 0.844. The minimum absolute atomic E-state index is 0.0563. The van der Waals surface area contributed by atoms with E-state index in [1.54, 1.807) is 14.2 Å². The molecule has 0 bridgehead atoms. The molecule has 0 aliphatic carbocycles. The Kier molecular flexibility index (Phi) is 4.16. The number of benzene rings is 2. The monoisotopic (exact) mass is 296 g/mol. The second kappa shape index (κ2) is 6.24. The van der Waals surface area contributed by atoms with Crippen molar-refractivity contribution in [3.8, 4) is 11.5 Å². The fourth-order valence-corrected chi connectivity index (χ4v) is 2.84. The highest BCUT2D eigenvalue weighted by Crippen LogP contribution is 2.40. The SMILES string of the molecule is COc1cc(OC)cc(C2OCC(c3ccccc3)=C2C)c1. The molecule has 0 N–H and O–H groups in total. The van der Waals surface area contributed by atoms with Crippen LogP contribution < -0.4 is 9.47 Å². The number of hydrogen-bond acceptors (Lipinski definition) is 3. The molecule has 1 atom stereocenters. The largest absolute Gasteiger partial charge is 0.497 e. The molecule has 3 heteroatoms. The van der Waals surface area contributed by atoms with Crippen molar-refractivity contribution in [3.63, 3.8) is 0 Å². The molecule has 3 rings (SSSR count). The molecule has 0 spiro atoms. The Labute approximate surface area is 131 Å². The molecule has 22 heavy (non-hydrogen) atoms. The average Bonchev–Trinajstić information content (AvgIpc) is 2.96. The minimum atomic E-state index is -0.0563. The van der Waals surface area contributed by atoms with E-state index in [1.165, 1.54) is 16.7 Å². The molecule has 0 amide bonds. The molecule has 3 nitrogen and oxygen atoms in total. The smallest absolute Gasteiger partial charge is 0.122 e. The van der Waals surface area contributed by atoms with Gasteiger partial charge in [0.05, 0.1) is 20.8 Å². The highest BCUT2D eigenvalue weighted by Gasteiger charge is 2.26. The van der Waals surface area contributed by atoms with Crippen LogP contribution in [0.3, 0.4) is 0 Å². The van der Waals surface area contributed by atoms with Crippen molar-refractivity contribution in [3.05, 3.63) is 65.2 Å². The molecule has 0 saturated heterocycles. The fraction of sp³-hybridized carbons (Fsp3) is 0.263. The summed E-state index contributed by atoms with van der Waals surface area (Å²) in [7, 11) is 3.32. The zero-order valence-corrected chi connectivity index (χ0v) is 13.1. The Morgan fingerprint density at radius 2 is 1.59 bits per heavy atom. The van der Waals surface area contributed by atoms with Gasteiger partial charge in [-0.3, -0.25) is 0 Å². The van der Waals surface area contributed by atoms with E-state index < -0.39 is 0 Å². The summed E-state index contributed by atoms with van der Waals surface area (Å²) in [5, 5.41) is 0. The molecular weight excluding hydrogens is 276 g/mol. The first-order valence-electron chi connectivity index (χ1n) is 7.32. The number of rotatable bonds is 4. The molecule has 0 radical (unpaired) electrons. The molecule has 1 aliphatic heterocycles. The van der Waals surface area contributed by atoms with Crippen LogP contribution in [0.15, 0.2) is 54.1 Å². The molecule has 1 heterocycles. The van der Waals surface area contributed by atoms with Crippen molar-refractivity contribution < 1.29 is 14.2 Å². The maximum Gasteiger partial charge on any atom is 0.122 e. The topological polar surface area (TPSA) is 27.7 Å². The highest BCUT2D eigenvalue weighted by molar-refractivity contribution is 5.72. The van der Waals surface area contributed by atoms with Gasteiger partial charge in [0.2, 0.25) is 0 Å². The van der Waals surface area contributed by atoms with Crippen molar-refractivity contribution in [2.24, 2.45) is 0 Å². The van der Waals surface area contributed by atoms with Gasteiger partial charge < -0.3 is 14.2 Å². The Morgan fingerprint density at radius 3 is 2.18 bits per heavy atom. The van der Waals surface area contributed by atoms with Gasteiger partial charge in [0.25, 0.3) is 0 Å². The molecule has 0 fully saturated rings. The van der Waals surface area contributed by atoms with Gasteiger partial charge in [0.15, 0.2) is 0 Å². The van der Waals surface area contributed by atoms with E-state index in [0.717, 1.165) is 17.1 Å². The molecule has 1 aliphatic rings. The summed E-state index contributed by atoms with van der Waals surface area (Å²) in [6.07, 6.45) is -0.0563. The van der Waals surface area contributed by atoms with Gasteiger partial charge in [-0.15, -0.1) is 0 Å². The van der Waals surface area contributed by atoms with E-state index >= 15 is 0 Å². The lowest BCUT2D eigenvalue weighted by molar-refractivity contribution is 0.124. The third-order valence-corrected chi connectivity index (χ3v) is 4.06. The van der Waals surface area contributed by atoms with Gasteiger partial charge in [-0.05, 0) is 41.3 Å². The first-order chi connectivity index (χ1) is 10.7. The van der Waals surface area contributed by atoms with E-state index in [-0.39, 0.29) is 6.10 Å². The van der Waals surface area contributed by atoms with Gasteiger partial charge >= 0.3 is 0 Å². The molecular formula is C19H20O3. The summed E-state index contributed by atoms with van der Waals surface area (Å²) in [5.41, 5.74) is 4.77. The molecule has 2 aromatic carbocycles. The number of methoxy groups -OCH3 is 2.